The van der Waals surface area contributed by atoms with E-state index in [1.165, 1.54) is 19.3 Å². The Morgan fingerprint density at radius 3 is 1.89 bits per heavy atom. The zero-order chi connectivity index (χ0) is 41.9. The van der Waals surface area contributed by atoms with Crippen LogP contribution in [0.3, 0.4) is 0 Å². The number of rotatable bonds is 37. The smallest absolute Gasteiger partial charge is 0.462 e. The van der Waals surface area contributed by atoms with Crippen molar-refractivity contribution in [2.24, 2.45) is 0 Å². The van der Waals surface area contributed by atoms with E-state index in [-0.39, 0.29) is 26.1 Å². The van der Waals surface area contributed by atoms with E-state index >= 15 is 0 Å². The molecule has 0 aromatic heterocycles. The van der Waals surface area contributed by atoms with E-state index < -0.39 is 32.5 Å². The van der Waals surface area contributed by atoms with Gasteiger partial charge in [0.25, 0.3) is 0 Å². The summed E-state index contributed by atoms with van der Waals surface area (Å²) in [7, 11) is 1.41. The number of likely N-dealkylation sites (N-methyl/N-ethyl adjacent to an activating group) is 1. The van der Waals surface area contributed by atoms with Gasteiger partial charge in [0.15, 0.2) is 6.10 Å². The van der Waals surface area contributed by atoms with Crippen LogP contribution in [0.4, 0.5) is 0 Å². The molecule has 11 heteroatoms. The lowest BCUT2D eigenvalue weighted by Crippen LogP contribution is -2.37. The highest BCUT2D eigenvalue weighted by molar-refractivity contribution is 7.47. The van der Waals surface area contributed by atoms with Crippen molar-refractivity contribution in [3.63, 3.8) is 0 Å². The van der Waals surface area contributed by atoms with Crippen molar-refractivity contribution in [2.45, 2.75) is 161 Å². The van der Waals surface area contributed by atoms with Gasteiger partial charge in [-0.3, -0.25) is 18.6 Å². The molecule has 0 bridgehead atoms. The van der Waals surface area contributed by atoms with E-state index in [1.54, 1.807) is 0 Å². The van der Waals surface area contributed by atoms with Crippen LogP contribution in [0.2, 0.25) is 0 Å². The quantitative estimate of drug-likeness (QED) is 0.0163. The first-order valence-corrected chi connectivity index (χ1v) is 23.3. The number of allylic oxidation sites excluding steroid dienone is 11. The lowest BCUT2D eigenvalue weighted by molar-refractivity contribution is -0.870. The average Bonchev–Trinajstić information content (AvgIpc) is 3.92. The van der Waals surface area contributed by atoms with Gasteiger partial charge in [0.1, 0.15) is 19.8 Å². The van der Waals surface area contributed by atoms with Gasteiger partial charge in [-0.1, -0.05) is 125 Å². The molecule has 4 atom stereocenters. The van der Waals surface area contributed by atoms with Gasteiger partial charge >= 0.3 is 19.8 Å². The first-order chi connectivity index (χ1) is 27.5. The number of phosphoric acid groups is 1. The molecule has 0 aromatic rings. The van der Waals surface area contributed by atoms with Gasteiger partial charge in [-0.2, -0.15) is 0 Å². The largest absolute Gasteiger partial charge is 0.472 e. The fraction of sp³-hybridized carbons (Fsp3) is 0.696. The predicted molar refractivity (Wildman–Crippen MR) is 233 cm³/mol. The summed E-state index contributed by atoms with van der Waals surface area (Å²) < 4.78 is 40.0. The van der Waals surface area contributed by atoms with Crippen molar-refractivity contribution in [1.82, 2.24) is 0 Å². The van der Waals surface area contributed by atoms with E-state index in [1.807, 2.05) is 27.2 Å². The summed E-state index contributed by atoms with van der Waals surface area (Å²) in [6.45, 7) is 4.16. The molecule has 1 heterocycles. The highest BCUT2D eigenvalue weighted by Gasteiger charge is 2.36. The minimum Gasteiger partial charge on any atom is -0.462 e. The summed E-state index contributed by atoms with van der Waals surface area (Å²) in [6, 6.07) is 0. The van der Waals surface area contributed by atoms with Gasteiger partial charge in [-0.15, -0.1) is 0 Å². The van der Waals surface area contributed by atoms with Crippen LogP contribution in [0.1, 0.15) is 142 Å². The summed E-state index contributed by atoms with van der Waals surface area (Å²) >= 11 is 0. The fourth-order valence-electron chi connectivity index (χ4n) is 5.64. The number of carbonyl (C=O) groups is 2. The highest BCUT2D eigenvalue weighted by atomic mass is 31.2. The Balaban J connectivity index is 2.35. The van der Waals surface area contributed by atoms with Crippen molar-refractivity contribution in [2.75, 3.05) is 47.5 Å². The molecule has 57 heavy (non-hydrogen) atoms. The second kappa shape index (κ2) is 34.3. The van der Waals surface area contributed by atoms with Gasteiger partial charge in [-0.25, -0.2) is 4.57 Å². The molecular formula is C46H79NO9P+. The van der Waals surface area contributed by atoms with Crippen LogP contribution < -0.4 is 0 Å². The third-order valence-corrected chi connectivity index (χ3v) is 10.1. The van der Waals surface area contributed by atoms with Gasteiger partial charge in [0.2, 0.25) is 0 Å². The van der Waals surface area contributed by atoms with Gasteiger partial charge < -0.3 is 23.6 Å². The number of carbonyl (C=O) groups excluding carboxylic acids is 2. The Kier molecular flexibility index (Phi) is 31.5. The minimum absolute atomic E-state index is 0.0133. The van der Waals surface area contributed by atoms with E-state index in [0.717, 1.165) is 83.5 Å². The number of unbranched alkanes of at least 4 members (excludes halogenated alkanes) is 8. The first kappa shape index (κ1) is 52.4. The molecule has 3 unspecified atom stereocenters. The molecule has 1 N–H and O–H groups in total. The van der Waals surface area contributed by atoms with Crippen LogP contribution in [0, 0.1) is 0 Å². The number of quaternary nitrogens is 1. The molecule has 1 aliphatic heterocycles. The van der Waals surface area contributed by atoms with Gasteiger partial charge in [-0.05, 0) is 77.0 Å². The first-order valence-electron chi connectivity index (χ1n) is 21.8. The van der Waals surface area contributed by atoms with Crippen molar-refractivity contribution in [3.8, 4) is 0 Å². The van der Waals surface area contributed by atoms with Crippen LogP contribution in [-0.4, -0.2) is 87.1 Å². The second-order valence-electron chi connectivity index (χ2n) is 15.7. The highest BCUT2D eigenvalue weighted by Crippen LogP contribution is 2.43. The summed E-state index contributed by atoms with van der Waals surface area (Å²) in [5.41, 5.74) is 0. The molecule has 1 saturated heterocycles. The Bertz CT molecular complexity index is 1270. The third kappa shape index (κ3) is 35.1. The minimum atomic E-state index is -4.40. The zero-order valence-electron chi connectivity index (χ0n) is 36.2. The summed E-state index contributed by atoms with van der Waals surface area (Å²) in [5.74, 6) is -0.898. The van der Waals surface area contributed by atoms with Crippen LogP contribution in [0.5, 0.6) is 0 Å². The van der Waals surface area contributed by atoms with Crippen molar-refractivity contribution >= 4 is 19.8 Å². The van der Waals surface area contributed by atoms with E-state index in [0.29, 0.717) is 36.1 Å². The van der Waals surface area contributed by atoms with Crippen molar-refractivity contribution in [3.05, 3.63) is 72.9 Å². The number of nitrogens with zero attached hydrogens (tertiary/aromatic N) is 1. The maximum Gasteiger partial charge on any atom is 0.472 e. The SMILES string of the molecule is CC/C=C\C/C=C\C/C=C\C/C=C\C/C=C\CCCC(=O)OC[C@H](COP(=O)(O)OCC[N+](C)(C)C)OC(=O)CCCCCCCC1OC1C/C=C\CCCCC. The van der Waals surface area contributed by atoms with Crippen LogP contribution in [0.25, 0.3) is 0 Å². The zero-order valence-corrected chi connectivity index (χ0v) is 37.1. The maximum absolute atomic E-state index is 12.7. The molecule has 0 amide bonds. The standard InChI is InChI=1S/C46H78NO9P/c1-6-8-10-12-14-15-16-17-18-19-20-21-22-23-24-28-32-36-45(48)52-40-42(41-54-57(50,51)53-39-38-47(3,4)5)55-46(49)37-33-29-25-27-31-35-44-43(56-44)34-30-26-13-11-9-7-2/h8,10,14-15,17-18,20-21,23-24,26,30,42-44H,6-7,9,11-13,16,19,22,25,27-29,31-41H2,1-5H3/p+1/b10-8-,15-14-,18-17-,21-20-,24-23-,30-26-/t42-,43?,44?/m1/s1. The topological polar surface area (TPSA) is 121 Å². The molecule has 1 fully saturated rings. The van der Waals surface area contributed by atoms with Crippen LogP contribution >= 0.6 is 7.82 Å². The Labute approximate surface area is 346 Å². The number of phosphoric ester groups is 1. The van der Waals surface area contributed by atoms with Crippen LogP contribution in [0.15, 0.2) is 72.9 Å². The molecule has 0 aromatic carbocycles. The molecular weight excluding hydrogens is 741 g/mol. The summed E-state index contributed by atoms with van der Waals surface area (Å²) in [4.78, 5) is 35.4. The van der Waals surface area contributed by atoms with Crippen molar-refractivity contribution < 1.29 is 46.8 Å². The van der Waals surface area contributed by atoms with E-state index in [2.05, 4.69) is 80.7 Å². The Morgan fingerprint density at radius 1 is 0.667 bits per heavy atom. The number of hydrogen-bond donors (Lipinski definition) is 1. The Hall–Kier alpha value is -2.59. The van der Waals surface area contributed by atoms with E-state index in [4.69, 9.17) is 23.3 Å². The fourth-order valence-corrected chi connectivity index (χ4v) is 6.38. The van der Waals surface area contributed by atoms with Crippen molar-refractivity contribution in [1.29, 1.82) is 0 Å². The summed E-state index contributed by atoms with van der Waals surface area (Å²) in [5, 5.41) is 0. The van der Waals surface area contributed by atoms with Gasteiger partial charge in [0, 0.05) is 12.8 Å². The summed E-state index contributed by atoms with van der Waals surface area (Å²) in [6.07, 6.45) is 44.0. The molecule has 326 valence electrons. The molecule has 0 saturated carbocycles. The average molecular weight is 821 g/mol. The number of esters is 2. The van der Waals surface area contributed by atoms with Crippen LogP contribution in [-0.2, 0) is 37.4 Å². The molecule has 0 spiro atoms. The molecule has 1 aliphatic rings. The third-order valence-electron chi connectivity index (χ3n) is 9.14. The molecule has 0 aliphatic carbocycles. The number of epoxide rings is 1. The lowest BCUT2D eigenvalue weighted by Gasteiger charge is -2.24. The second-order valence-corrected chi connectivity index (χ2v) is 17.2. The molecule has 10 nitrogen and oxygen atoms in total. The Morgan fingerprint density at radius 2 is 1.25 bits per heavy atom. The number of hydrogen-bond acceptors (Lipinski definition) is 8. The number of ether oxygens (including phenoxy) is 3. The van der Waals surface area contributed by atoms with E-state index in [9.17, 15) is 19.0 Å². The van der Waals surface area contributed by atoms with Gasteiger partial charge in [0.05, 0.1) is 40.0 Å². The normalized spacial score (nSPS) is 17.9. The molecule has 1 rings (SSSR count). The molecule has 0 radical (unpaired) electrons. The lowest BCUT2D eigenvalue weighted by atomic mass is 10.1. The predicted octanol–water partition coefficient (Wildman–Crippen LogP) is 11.2. The monoisotopic (exact) mass is 821 g/mol. The maximum atomic E-state index is 12.7.